The Bertz CT molecular complexity index is 220. The Hall–Kier alpha value is -0.570. The highest BCUT2D eigenvalue weighted by Gasteiger charge is 2.34. The molecule has 2 atom stereocenters. The average molecular weight is 198 g/mol. The predicted molar refractivity (Wildman–Crippen MR) is 57.8 cm³/mol. The Kier molecular flexibility index (Phi) is 3.20. The van der Waals surface area contributed by atoms with Crippen LogP contribution in [0.4, 0.5) is 0 Å². The van der Waals surface area contributed by atoms with Crippen molar-refractivity contribution in [2.24, 2.45) is 11.1 Å². The summed E-state index contributed by atoms with van der Waals surface area (Å²) in [5, 5.41) is 0. The van der Waals surface area contributed by atoms with Crippen LogP contribution < -0.4 is 5.73 Å². The Labute approximate surface area is 86.6 Å². The number of amides is 1. The van der Waals surface area contributed by atoms with E-state index in [0.29, 0.717) is 0 Å². The highest BCUT2D eigenvalue weighted by atomic mass is 16.2. The molecule has 3 heteroatoms. The Morgan fingerprint density at radius 2 is 2.00 bits per heavy atom. The number of piperidine rings is 1. The van der Waals surface area contributed by atoms with Crippen molar-refractivity contribution >= 4 is 5.91 Å². The normalized spacial score (nSPS) is 29.1. The fraction of sp³-hybridized carbons (Fsp3) is 0.909. The van der Waals surface area contributed by atoms with Gasteiger partial charge in [-0.25, -0.2) is 0 Å². The van der Waals surface area contributed by atoms with Gasteiger partial charge in [0.15, 0.2) is 0 Å². The maximum Gasteiger partial charge on any atom is 0.228 e. The molecular formula is C11H22N2O. The summed E-state index contributed by atoms with van der Waals surface area (Å²) in [6.45, 7) is 8.80. The molecule has 1 saturated heterocycles. The molecule has 0 aromatic heterocycles. The van der Waals surface area contributed by atoms with E-state index in [1.807, 2.05) is 32.6 Å². The lowest BCUT2D eigenvalue weighted by atomic mass is 9.90. The molecule has 1 amide bonds. The first-order chi connectivity index (χ1) is 6.34. The quantitative estimate of drug-likeness (QED) is 0.639. The summed E-state index contributed by atoms with van der Waals surface area (Å²) in [4.78, 5) is 14.0. The van der Waals surface area contributed by atoms with Gasteiger partial charge in [0.1, 0.15) is 0 Å². The van der Waals surface area contributed by atoms with Crippen LogP contribution in [-0.2, 0) is 4.79 Å². The number of likely N-dealkylation sites (tertiary alicyclic amines) is 1. The van der Waals surface area contributed by atoms with Crippen molar-refractivity contribution in [3.05, 3.63) is 0 Å². The molecule has 0 bridgehead atoms. The van der Waals surface area contributed by atoms with Crippen LogP contribution in [0.5, 0.6) is 0 Å². The van der Waals surface area contributed by atoms with Gasteiger partial charge in [0.2, 0.25) is 5.91 Å². The van der Waals surface area contributed by atoms with Crippen molar-refractivity contribution in [1.29, 1.82) is 0 Å². The summed E-state index contributed by atoms with van der Waals surface area (Å²) in [6.07, 6.45) is 2.07. The molecule has 3 nitrogen and oxygen atoms in total. The van der Waals surface area contributed by atoms with Gasteiger partial charge in [0.05, 0.1) is 0 Å². The van der Waals surface area contributed by atoms with Gasteiger partial charge in [0.25, 0.3) is 0 Å². The van der Waals surface area contributed by atoms with E-state index in [-0.39, 0.29) is 23.4 Å². The number of hydrogen-bond acceptors (Lipinski definition) is 2. The minimum absolute atomic E-state index is 0.148. The molecule has 1 rings (SSSR count). The van der Waals surface area contributed by atoms with Crippen LogP contribution in [0.3, 0.4) is 0 Å². The molecule has 0 spiro atoms. The third-order valence-corrected chi connectivity index (χ3v) is 2.95. The largest absolute Gasteiger partial charge is 0.338 e. The summed E-state index contributed by atoms with van der Waals surface area (Å²) in [7, 11) is 0. The molecule has 2 N–H and O–H groups in total. The van der Waals surface area contributed by atoms with Gasteiger partial charge < -0.3 is 10.6 Å². The lowest BCUT2D eigenvalue weighted by Gasteiger charge is -2.40. The SMILES string of the molecule is CC1C(N)CCCN1C(=O)C(C)(C)C. The standard InChI is InChI=1S/C11H22N2O/c1-8-9(12)6-5-7-13(8)10(14)11(2,3)4/h8-9H,5-7,12H2,1-4H3. The van der Waals surface area contributed by atoms with Crippen molar-refractivity contribution in [3.63, 3.8) is 0 Å². The van der Waals surface area contributed by atoms with E-state index in [1.54, 1.807) is 0 Å². The molecule has 0 radical (unpaired) electrons. The monoisotopic (exact) mass is 198 g/mol. The average Bonchev–Trinajstić information content (AvgIpc) is 2.07. The van der Waals surface area contributed by atoms with Gasteiger partial charge in [0, 0.05) is 24.0 Å². The highest BCUT2D eigenvalue weighted by molar-refractivity contribution is 5.82. The van der Waals surface area contributed by atoms with Gasteiger partial charge in [-0.15, -0.1) is 0 Å². The number of hydrogen-bond donors (Lipinski definition) is 1. The highest BCUT2D eigenvalue weighted by Crippen LogP contribution is 2.23. The molecule has 0 saturated carbocycles. The maximum atomic E-state index is 12.0. The predicted octanol–water partition coefficient (Wildman–Crippen LogP) is 1.37. The van der Waals surface area contributed by atoms with E-state index in [4.69, 9.17) is 5.73 Å². The number of carbonyl (C=O) groups is 1. The van der Waals surface area contributed by atoms with Gasteiger partial charge >= 0.3 is 0 Å². The minimum atomic E-state index is -0.286. The number of nitrogens with two attached hydrogens (primary N) is 1. The summed E-state index contributed by atoms with van der Waals surface area (Å²) in [6, 6.07) is 0.338. The zero-order valence-corrected chi connectivity index (χ0v) is 9.71. The number of nitrogens with zero attached hydrogens (tertiary/aromatic N) is 1. The molecular weight excluding hydrogens is 176 g/mol. The van der Waals surface area contributed by atoms with Gasteiger partial charge in [-0.1, -0.05) is 20.8 Å². The zero-order chi connectivity index (χ0) is 10.9. The summed E-state index contributed by atoms with van der Waals surface area (Å²) in [5.41, 5.74) is 5.67. The number of carbonyl (C=O) groups excluding carboxylic acids is 1. The molecule has 2 unspecified atom stereocenters. The number of rotatable bonds is 0. The molecule has 0 aromatic carbocycles. The van der Waals surface area contributed by atoms with Crippen molar-refractivity contribution < 1.29 is 4.79 Å². The first-order valence-electron chi connectivity index (χ1n) is 5.40. The summed E-state index contributed by atoms with van der Waals surface area (Å²) >= 11 is 0. The third kappa shape index (κ3) is 2.27. The molecule has 0 aliphatic carbocycles. The Morgan fingerprint density at radius 3 is 2.50 bits per heavy atom. The van der Waals surface area contributed by atoms with E-state index in [2.05, 4.69) is 0 Å². The first kappa shape index (κ1) is 11.5. The van der Waals surface area contributed by atoms with Crippen molar-refractivity contribution in [2.75, 3.05) is 6.54 Å². The second-order valence-electron chi connectivity index (χ2n) is 5.30. The lowest BCUT2D eigenvalue weighted by molar-refractivity contribution is -0.143. The van der Waals surface area contributed by atoms with Gasteiger partial charge in [-0.05, 0) is 19.8 Å². The van der Waals surface area contributed by atoms with Crippen LogP contribution in [0, 0.1) is 5.41 Å². The van der Waals surface area contributed by atoms with E-state index in [0.717, 1.165) is 19.4 Å². The molecule has 1 fully saturated rings. The Morgan fingerprint density at radius 1 is 1.43 bits per heavy atom. The molecule has 0 aromatic rings. The summed E-state index contributed by atoms with van der Waals surface area (Å²) < 4.78 is 0. The minimum Gasteiger partial charge on any atom is -0.338 e. The van der Waals surface area contributed by atoms with Crippen LogP contribution in [0.2, 0.25) is 0 Å². The van der Waals surface area contributed by atoms with Crippen LogP contribution in [0.1, 0.15) is 40.5 Å². The van der Waals surface area contributed by atoms with E-state index in [9.17, 15) is 4.79 Å². The zero-order valence-electron chi connectivity index (χ0n) is 9.71. The maximum absolute atomic E-state index is 12.0. The molecule has 14 heavy (non-hydrogen) atoms. The van der Waals surface area contributed by atoms with Crippen LogP contribution >= 0.6 is 0 Å². The molecule has 1 aliphatic rings. The lowest BCUT2D eigenvalue weighted by Crippen LogP contribution is -2.55. The van der Waals surface area contributed by atoms with E-state index >= 15 is 0 Å². The smallest absolute Gasteiger partial charge is 0.228 e. The molecule has 82 valence electrons. The fourth-order valence-electron chi connectivity index (χ4n) is 1.89. The van der Waals surface area contributed by atoms with Crippen molar-refractivity contribution in [2.45, 2.75) is 52.6 Å². The first-order valence-corrected chi connectivity index (χ1v) is 5.40. The van der Waals surface area contributed by atoms with Crippen LogP contribution in [-0.4, -0.2) is 29.4 Å². The van der Waals surface area contributed by atoms with E-state index < -0.39 is 0 Å². The van der Waals surface area contributed by atoms with Crippen molar-refractivity contribution in [1.82, 2.24) is 4.90 Å². The van der Waals surface area contributed by atoms with Gasteiger partial charge in [-0.3, -0.25) is 4.79 Å². The van der Waals surface area contributed by atoms with Crippen LogP contribution in [0.15, 0.2) is 0 Å². The second-order valence-corrected chi connectivity index (χ2v) is 5.30. The Balaban J connectivity index is 2.72. The van der Waals surface area contributed by atoms with E-state index in [1.165, 1.54) is 0 Å². The topological polar surface area (TPSA) is 46.3 Å². The van der Waals surface area contributed by atoms with Crippen LogP contribution in [0.25, 0.3) is 0 Å². The molecule has 1 aliphatic heterocycles. The fourth-order valence-corrected chi connectivity index (χ4v) is 1.89. The van der Waals surface area contributed by atoms with Crippen molar-refractivity contribution in [3.8, 4) is 0 Å². The summed E-state index contributed by atoms with van der Waals surface area (Å²) in [5.74, 6) is 0.222. The molecule has 1 heterocycles. The van der Waals surface area contributed by atoms with Gasteiger partial charge in [-0.2, -0.15) is 0 Å². The second kappa shape index (κ2) is 3.89. The third-order valence-electron chi connectivity index (χ3n) is 2.95.